The van der Waals surface area contributed by atoms with E-state index < -0.39 is 0 Å². The molecule has 4 rings (SSSR count). The van der Waals surface area contributed by atoms with Gasteiger partial charge in [0.1, 0.15) is 11.9 Å². The van der Waals surface area contributed by atoms with Crippen LogP contribution in [0.25, 0.3) is 0 Å². The Balaban J connectivity index is 1.39. The standard InChI is InChI=1S/C18H23N3O2/c1-2-5-14(6-3-1)23-15-7-4-9-21(11-15)12-18-16-13-22-10-8-17(16)19-20-18/h1-3,5-6,15H,4,7-13H2,(H,19,20). The van der Waals surface area contributed by atoms with Crippen molar-refractivity contribution in [3.05, 3.63) is 47.3 Å². The number of hydrogen-bond donors (Lipinski definition) is 1. The zero-order valence-corrected chi connectivity index (χ0v) is 13.3. The minimum absolute atomic E-state index is 0.261. The monoisotopic (exact) mass is 313 g/mol. The summed E-state index contributed by atoms with van der Waals surface area (Å²) in [6, 6.07) is 10.1. The molecule has 1 atom stereocenters. The topological polar surface area (TPSA) is 50.4 Å². The van der Waals surface area contributed by atoms with Crippen molar-refractivity contribution in [1.82, 2.24) is 15.1 Å². The summed E-state index contributed by atoms with van der Waals surface area (Å²) in [5.41, 5.74) is 3.66. The van der Waals surface area contributed by atoms with E-state index in [1.54, 1.807) is 0 Å². The Hall–Kier alpha value is -1.85. The van der Waals surface area contributed by atoms with Crippen molar-refractivity contribution in [1.29, 1.82) is 0 Å². The first-order chi connectivity index (χ1) is 11.4. The number of nitrogens with one attached hydrogen (secondary N) is 1. The highest BCUT2D eigenvalue weighted by molar-refractivity contribution is 5.26. The number of benzene rings is 1. The number of para-hydroxylation sites is 1. The van der Waals surface area contributed by atoms with Crippen LogP contribution in [-0.4, -0.2) is 40.9 Å². The lowest BCUT2D eigenvalue weighted by atomic mass is 10.1. The maximum atomic E-state index is 6.12. The Kier molecular flexibility index (Phi) is 4.30. The third-order valence-electron chi connectivity index (χ3n) is 4.66. The molecular formula is C18H23N3O2. The summed E-state index contributed by atoms with van der Waals surface area (Å²) >= 11 is 0. The van der Waals surface area contributed by atoms with Crippen molar-refractivity contribution < 1.29 is 9.47 Å². The number of hydrogen-bond acceptors (Lipinski definition) is 4. The summed E-state index contributed by atoms with van der Waals surface area (Å²) in [5.74, 6) is 0.963. The fourth-order valence-electron chi connectivity index (χ4n) is 3.46. The van der Waals surface area contributed by atoms with Gasteiger partial charge in [-0.15, -0.1) is 0 Å². The summed E-state index contributed by atoms with van der Waals surface area (Å²) in [6.45, 7) is 4.43. The van der Waals surface area contributed by atoms with E-state index in [1.165, 1.54) is 17.7 Å². The quantitative estimate of drug-likeness (QED) is 0.942. The molecule has 2 aliphatic rings. The van der Waals surface area contributed by atoms with Crippen molar-refractivity contribution in [3.8, 4) is 5.75 Å². The number of fused-ring (bicyclic) bond motifs is 1. The number of ether oxygens (including phenoxy) is 2. The molecule has 1 saturated heterocycles. The van der Waals surface area contributed by atoms with Gasteiger partial charge in [-0.05, 0) is 31.5 Å². The number of aromatic nitrogens is 2. The van der Waals surface area contributed by atoms with Gasteiger partial charge in [-0.25, -0.2) is 0 Å². The lowest BCUT2D eigenvalue weighted by Gasteiger charge is -2.32. The smallest absolute Gasteiger partial charge is 0.119 e. The molecule has 122 valence electrons. The van der Waals surface area contributed by atoms with E-state index in [2.05, 4.69) is 15.1 Å². The van der Waals surface area contributed by atoms with Crippen molar-refractivity contribution in [3.63, 3.8) is 0 Å². The second kappa shape index (κ2) is 6.72. The molecule has 23 heavy (non-hydrogen) atoms. The molecule has 2 aromatic rings. The van der Waals surface area contributed by atoms with Crippen LogP contribution in [-0.2, 0) is 24.3 Å². The lowest BCUT2D eigenvalue weighted by molar-refractivity contribution is 0.0815. The minimum atomic E-state index is 0.261. The van der Waals surface area contributed by atoms with Crippen molar-refractivity contribution in [2.75, 3.05) is 19.7 Å². The Morgan fingerprint density at radius 1 is 1.30 bits per heavy atom. The molecule has 1 fully saturated rings. The van der Waals surface area contributed by atoms with Gasteiger partial charge in [-0.2, -0.15) is 5.10 Å². The normalized spacial score (nSPS) is 21.8. The minimum Gasteiger partial charge on any atom is -0.489 e. The Labute approximate surface area is 136 Å². The molecule has 5 heteroatoms. The van der Waals surface area contributed by atoms with Gasteiger partial charge < -0.3 is 9.47 Å². The first-order valence-electron chi connectivity index (χ1n) is 8.45. The molecule has 0 amide bonds. The van der Waals surface area contributed by atoms with Gasteiger partial charge in [0.25, 0.3) is 0 Å². The van der Waals surface area contributed by atoms with Crippen LogP contribution >= 0.6 is 0 Å². The van der Waals surface area contributed by atoms with Gasteiger partial charge in [0.2, 0.25) is 0 Å². The maximum absolute atomic E-state index is 6.12. The molecule has 2 aliphatic heterocycles. The fraction of sp³-hybridized carbons (Fsp3) is 0.500. The number of aromatic amines is 1. The van der Waals surface area contributed by atoms with Crippen LogP contribution < -0.4 is 4.74 Å². The van der Waals surface area contributed by atoms with Crippen molar-refractivity contribution in [2.24, 2.45) is 0 Å². The summed E-state index contributed by atoms with van der Waals surface area (Å²) in [4.78, 5) is 2.45. The van der Waals surface area contributed by atoms with Gasteiger partial charge in [-0.3, -0.25) is 10.00 Å². The molecule has 0 saturated carbocycles. The van der Waals surface area contributed by atoms with Gasteiger partial charge >= 0.3 is 0 Å². The molecule has 0 spiro atoms. The molecule has 0 radical (unpaired) electrons. The number of piperidine rings is 1. The third kappa shape index (κ3) is 3.41. The highest BCUT2D eigenvalue weighted by Crippen LogP contribution is 2.22. The molecule has 1 aromatic carbocycles. The molecule has 1 aromatic heterocycles. The highest BCUT2D eigenvalue weighted by atomic mass is 16.5. The molecular weight excluding hydrogens is 290 g/mol. The van der Waals surface area contributed by atoms with E-state index in [1.807, 2.05) is 30.3 Å². The van der Waals surface area contributed by atoms with Crippen LogP contribution in [0.3, 0.4) is 0 Å². The van der Waals surface area contributed by atoms with E-state index >= 15 is 0 Å². The summed E-state index contributed by atoms with van der Waals surface area (Å²) < 4.78 is 11.7. The van der Waals surface area contributed by atoms with Gasteiger partial charge in [0.15, 0.2) is 0 Å². The van der Waals surface area contributed by atoms with Crippen LogP contribution in [0, 0.1) is 0 Å². The average molecular weight is 313 g/mol. The summed E-state index contributed by atoms with van der Waals surface area (Å²) in [7, 11) is 0. The second-order valence-corrected chi connectivity index (χ2v) is 6.36. The zero-order valence-electron chi connectivity index (χ0n) is 13.3. The third-order valence-corrected chi connectivity index (χ3v) is 4.66. The highest BCUT2D eigenvalue weighted by Gasteiger charge is 2.24. The predicted octanol–water partition coefficient (Wildman–Crippen LogP) is 2.53. The van der Waals surface area contributed by atoms with E-state index in [0.29, 0.717) is 6.61 Å². The average Bonchev–Trinajstić information content (AvgIpc) is 2.99. The molecule has 1 unspecified atom stereocenters. The van der Waals surface area contributed by atoms with Gasteiger partial charge in [0.05, 0.1) is 18.9 Å². The van der Waals surface area contributed by atoms with Crippen LogP contribution in [0.2, 0.25) is 0 Å². The van der Waals surface area contributed by atoms with Crippen LogP contribution in [0.4, 0.5) is 0 Å². The Bertz CT molecular complexity index is 641. The Morgan fingerprint density at radius 2 is 2.22 bits per heavy atom. The Morgan fingerprint density at radius 3 is 3.13 bits per heavy atom. The first kappa shape index (κ1) is 14.7. The maximum Gasteiger partial charge on any atom is 0.119 e. The van der Waals surface area contributed by atoms with E-state index in [9.17, 15) is 0 Å². The van der Waals surface area contributed by atoms with Gasteiger partial charge in [-0.1, -0.05) is 18.2 Å². The summed E-state index contributed by atoms with van der Waals surface area (Å²) in [5, 5.41) is 7.69. The van der Waals surface area contributed by atoms with Gasteiger partial charge in [0, 0.05) is 30.8 Å². The van der Waals surface area contributed by atoms with E-state index in [0.717, 1.165) is 50.5 Å². The zero-order chi connectivity index (χ0) is 15.5. The lowest BCUT2D eigenvalue weighted by Crippen LogP contribution is -2.40. The van der Waals surface area contributed by atoms with Crippen molar-refractivity contribution in [2.45, 2.75) is 38.5 Å². The number of nitrogens with zero attached hydrogens (tertiary/aromatic N) is 2. The van der Waals surface area contributed by atoms with Crippen molar-refractivity contribution >= 4 is 0 Å². The van der Waals surface area contributed by atoms with Crippen LogP contribution in [0.15, 0.2) is 30.3 Å². The molecule has 5 nitrogen and oxygen atoms in total. The largest absolute Gasteiger partial charge is 0.489 e. The number of rotatable bonds is 4. The SMILES string of the molecule is c1ccc(OC2CCCN(Cc3n[nH]c4c3COCC4)C2)cc1. The second-order valence-electron chi connectivity index (χ2n) is 6.36. The summed E-state index contributed by atoms with van der Waals surface area (Å²) in [6.07, 6.45) is 3.49. The predicted molar refractivity (Wildman–Crippen MR) is 87.3 cm³/mol. The molecule has 0 aliphatic carbocycles. The molecule has 0 bridgehead atoms. The van der Waals surface area contributed by atoms with E-state index in [-0.39, 0.29) is 6.10 Å². The fourth-order valence-corrected chi connectivity index (χ4v) is 3.46. The number of likely N-dealkylation sites (tertiary alicyclic amines) is 1. The van der Waals surface area contributed by atoms with Crippen LogP contribution in [0.5, 0.6) is 5.75 Å². The van der Waals surface area contributed by atoms with Crippen LogP contribution in [0.1, 0.15) is 29.8 Å². The van der Waals surface area contributed by atoms with E-state index in [4.69, 9.17) is 9.47 Å². The first-order valence-corrected chi connectivity index (χ1v) is 8.45. The number of H-pyrrole nitrogens is 1. The molecule has 3 heterocycles. The molecule has 1 N–H and O–H groups in total.